The van der Waals surface area contributed by atoms with Crippen molar-refractivity contribution in [1.82, 2.24) is 10.2 Å². The smallest absolute Gasteiger partial charge is 0.253 e. The summed E-state index contributed by atoms with van der Waals surface area (Å²) in [6.45, 7) is 4.15. The van der Waals surface area contributed by atoms with Crippen LogP contribution in [0.15, 0.2) is 18.2 Å². The van der Waals surface area contributed by atoms with Gasteiger partial charge in [-0.05, 0) is 80.3 Å². The standard InChI is InChI=1S/C18H24N2O/c21-18(15-5-4-13-2-1-3-14(13)10-15)20-8-6-16-11-19-12-17(16)7-9-20/h4-5,10,16-17,19H,1-3,6-9,11-12H2/t16-,17+. The van der Waals surface area contributed by atoms with Crippen LogP contribution in [0, 0.1) is 11.8 Å². The molecule has 21 heavy (non-hydrogen) atoms. The molecule has 1 aliphatic carbocycles. The van der Waals surface area contributed by atoms with Crippen LogP contribution in [0.5, 0.6) is 0 Å². The zero-order chi connectivity index (χ0) is 14.2. The van der Waals surface area contributed by atoms with E-state index in [1.165, 1.54) is 24.0 Å². The average Bonchev–Trinajstić information content (AvgIpc) is 3.11. The number of fused-ring (bicyclic) bond motifs is 2. The first-order valence-corrected chi connectivity index (χ1v) is 8.43. The molecular weight excluding hydrogens is 260 g/mol. The summed E-state index contributed by atoms with van der Waals surface area (Å²) in [6.07, 6.45) is 5.89. The quantitative estimate of drug-likeness (QED) is 0.858. The van der Waals surface area contributed by atoms with E-state index in [2.05, 4.69) is 22.3 Å². The van der Waals surface area contributed by atoms with E-state index in [4.69, 9.17) is 0 Å². The van der Waals surface area contributed by atoms with E-state index in [0.29, 0.717) is 0 Å². The first kappa shape index (κ1) is 13.3. The first-order chi connectivity index (χ1) is 10.3. The monoisotopic (exact) mass is 284 g/mol. The largest absolute Gasteiger partial charge is 0.339 e. The molecule has 0 bridgehead atoms. The van der Waals surface area contributed by atoms with Gasteiger partial charge in [0.2, 0.25) is 0 Å². The Kier molecular flexibility index (Phi) is 3.46. The summed E-state index contributed by atoms with van der Waals surface area (Å²) in [6, 6.07) is 6.36. The van der Waals surface area contributed by atoms with Gasteiger partial charge < -0.3 is 10.2 Å². The van der Waals surface area contributed by atoms with Crippen LogP contribution in [0.4, 0.5) is 0 Å². The lowest BCUT2D eigenvalue weighted by Crippen LogP contribution is -2.32. The number of hydrogen-bond acceptors (Lipinski definition) is 2. The number of aryl methyl sites for hydroxylation is 2. The normalized spacial score (nSPS) is 28.1. The summed E-state index contributed by atoms with van der Waals surface area (Å²) in [5.74, 6) is 1.81. The Labute approximate surface area is 126 Å². The van der Waals surface area contributed by atoms with Crippen LogP contribution in [0.25, 0.3) is 0 Å². The van der Waals surface area contributed by atoms with Crippen LogP contribution in [-0.2, 0) is 12.8 Å². The Morgan fingerprint density at radius 1 is 1.05 bits per heavy atom. The summed E-state index contributed by atoms with van der Waals surface area (Å²) >= 11 is 0. The molecule has 3 aliphatic rings. The molecule has 3 nitrogen and oxygen atoms in total. The lowest BCUT2D eigenvalue weighted by Gasteiger charge is -2.21. The molecule has 3 heteroatoms. The van der Waals surface area contributed by atoms with Gasteiger partial charge >= 0.3 is 0 Å². The van der Waals surface area contributed by atoms with E-state index in [-0.39, 0.29) is 5.91 Å². The number of carbonyl (C=O) groups is 1. The minimum Gasteiger partial charge on any atom is -0.339 e. The molecule has 2 aliphatic heterocycles. The molecule has 0 spiro atoms. The molecule has 2 heterocycles. The minimum absolute atomic E-state index is 0.248. The van der Waals surface area contributed by atoms with E-state index in [1.807, 2.05) is 6.07 Å². The van der Waals surface area contributed by atoms with Gasteiger partial charge in [-0.1, -0.05) is 6.07 Å². The molecule has 1 amide bonds. The summed E-state index contributed by atoms with van der Waals surface area (Å²) in [4.78, 5) is 14.9. The highest BCUT2D eigenvalue weighted by Crippen LogP contribution is 2.28. The van der Waals surface area contributed by atoms with Gasteiger partial charge in [0.15, 0.2) is 0 Å². The number of nitrogens with zero attached hydrogens (tertiary/aromatic N) is 1. The molecule has 1 aromatic rings. The number of likely N-dealkylation sites (tertiary alicyclic amines) is 1. The predicted molar refractivity (Wildman–Crippen MR) is 83.5 cm³/mol. The lowest BCUT2D eigenvalue weighted by atomic mass is 9.92. The average molecular weight is 284 g/mol. The molecule has 0 unspecified atom stereocenters. The third-order valence-corrected chi connectivity index (χ3v) is 5.65. The zero-order valence-electron chi connectivity index (χ0n) is 12.6. The maximum Gasteiger partial charge on any atom is 0.253 e. The van der Waals surface area contributed by atoms with Crippen molar-refractivity contribution in [3.63, 3.8) is 0 Å². The van der Waals surface area contributed by atoms with Crippen molar-refractivity contribution < 1.29 is 4.79 Å². The van der Waals surface area contributed by atoms with E-state index in [0.717, 1.165) is 62.8 Å². The van der Waals surface area contributed by atoms with Crippen molar-refractivity contribution in [1.29, 1.82) is 0 Å². The van der Waals surface area contributed by atoms with Crippen molar-refractivity contribution in [3.8, 4) is 0 Å². The topological polar surface area (TPSA) is 32.3 Å². The van der Waals surface area contributed by atoms with Gasteiger partial charge in [-0.15, -0.1) is 0 Å². The highest BCUT2D eigenvalue weighted by Gasteiger charge is 2.31. The summed E-state index contributed by atoms with van der Waals surface area (Å²) in [7, 11) is 0. The van der Waals surface area contributed by atoms with Crippen LogP contribution in [0.3, 0.4) is 0 Å². The van der Waals surface area contributed by atoms with Gasteiger partial charge in [0, 0.05) is 18.7 Å². The number of benzene rings is 1. The predicted octanol–water partition coefficient (Wildman–Crippen LogP) is 2.25. The van der Waals surface area contributed by atoms with Gasteiger partial charge in [0.05, 0.1) is 0 Å². The van der Waals surface area contributed by atoms with E-state index in [9.17, 15) is 4.79 Å². The van der Waals surface area contributed by atoms with Gasteiger partial charge in [0.25, 0.3) is 5.91 Å². The molecule has 0 saturated carbocycles. The number of hydrogen-bond donors (Lipinski definition) is 1. The second kappa shape index (κ2) is 5.45. The molecule has 0 aromatic heterocycles. The molecule has 1 N–H and O–H groups in total. The van der Waals surface area contributed by atoms with Crippen LogP contribution < -0.4 is 5.32 Å². The van der Waals surface area contributed by atoms with Crippen LogP contribution >= 0.6 is 0 Å². The summed E-state index contributed by atoms with van der Waals surface area (Å²) in [5.41, 5.74) is 3.75. The van der Waals surface area contributed by atoms with Crippen molar-refractivity contribution in [2.24, 2.45) is 11.8 Å². The van der Waals surface area contributed by atoms with E-state index < -0.39 is 0 Å². The molecule has 112 valence electrons. The van der Waals surface area contributed by atoms with Crippen LogP contribution in [0.2, 0.25) is 0 Å². The fourth-order valence-corrected chi connectivity index (χ4v) is 4.31. The van der Waals surface area contributed by atoms with E-state index in [1.54, 1.807) is 0 Å². The van der Waals surface area contributed by atoms with Gasteiger partial charge in [0.1, 0.15) is 0 Å². The summed E-state index contributed by atoms with van der Waals surface area (Å²) in [5, 5.41) is 3.49. The molecule has 2 atom stereocenters. The van der Waals surface area contributed by atoms with Gasteiger partial charge in [-0.3, -0.25) is 4.79 Å². The number of nitrogens with one attached hydrogen (secondary N) is 1. The fraction of sp³-hybridized carbons (Fsp3) is 0.611. The molecular formula is C18H24N2O. The Bertz CT molecular complexity index is 540. The molecule has 4 rings (SSSR count). The van der Waals surface area contributed by atoms with Crippen molar-refractivity contribution >= 4 is 5.91 Å². The first-order valence-electron chi connectivity index (χ1n) is 8.43. The Balaban J connectivity index is 1.49. The third kappa shape index (κ3) is 2.48. The molecule has 0 radical (unpaired) electrons. The van der Waals surface area contributed by atoms with Crippen molar-refractivity contribution in [2.45, 2.75) is 32.1 Å². The Hall–Kier alpha value is -1.35. The summed E-state index contributed by atoms with van der Waals surface area (Å²) < 4.78 is 0. The van der Waals surface area contributed by atoms with Crippen molar-refractivity contribution in [2.75, 3.05) is 26.2 Å². The molecule has 1 aromatic carbocycles. The highest BCUT2D eigenvalue weighted by atomic mass is 16.2. The maximum atomic E-state index is 12.8. The Morgan fingerprint density at radius 2 is 1.76 bits per heavy atom. The van der Waals surface area contributed by atoms with Crippen molar-refractivity contribution in [3.05, 3.63) is 34.9 Å². The second-order valence-corrected chi connectivity index (χ2v) is 6.89. The van der Waals surface area contributed by atoms with Gasteiger partial charge in [-0.2, -0.15) is 0 Å². The van der Waals surface area contributed by atoms with E-state index >= 15 is 0 Å². The maximum absolute atomic E-state index is 12.8. The highest BCUT2D eigenvalue weighted by molar-refractivity contribution is 5.94. The number of carbonyl (C=O) groups excluding carboxylic acids is 1. The minimum atomic E-state index is 0.248. The molecule has 2 fully saturated rings. The second-order valence-electron chi connectivity index (χ2n) is 6.89. The number of rotatable bonds is 1. The fourth-order valence-electron chi connectivity index (χ4n) is 4.31. The Morgan fingerprint density at radius 3 is 2.52 bits per heavy atom. The molecule has 2 saturated heterocycles. The van der Waals surface area contributed by atoms with Crippen LogP contribution in [0.1, 0.15) is 40.7 Å². The van der Waals surface area contributed by atoms with Gasteiger partial charge in [-0.25, -0.2) is 0 Å². The number of amides is 1. The lowest BCUT2D eigenvalue weighted by molar-refractivity contribution is 0.0758. The third-order valence-electron chi connectivity index (χ3n) is 5.65. The van der Waals surface area contributed by atoms with Crippen LogP contribution in [-0.4, -0.2) is 37.0 Å². The zero-order valence-corrected chi connectivity index (χ0v) is 12.6. The SMILES string of the molecule is O=C(c1ccc2c(c1)CCC2)N1CC[C@@H]2CNC[C@@H]2CC1.